The number of aromatic hydroxyl groups is 1. The molecule has 0 atom stereocenters. The molecule has 2 aromatic carbocycles. The number of benzene rings is 2. The third kappa shape index (κ3) is 3.18. The summed E-state index contributed by atoms with van der Waals surface area (Å²) in [6.07, 6.45) is 0.836. The van der Waals surface area contributed by atoms with Crippen molar-refractivity contribution in [2.75, 3.05) is 7.11 Å². The van der Waals surface area contributed by atoms with E-state index in [0.717, 1.165) is 11.1 Å². The summed E-state index contributed by atoms with van der Waals surface area (Å²) in [5.74, 6) is 0.0802. The smallest absolute Gasteiger partial charge is 0.179 e. The van der Waals surface area contributed by atoms with Crippen LogP contribution >= 0.6 is 0 Å². The van der Waals surface area contributed by atoms with Crippen molar-refractivity contribution >= 4 is 16.7 Å². The van der Waals surface area contributed by atoms with Crippen molar-refractivity contribution in [3.8, 4) is 11.5 Å². The molecule has 0 saturated heterocycles. The number of ether oxygens (including phenoxy) is 1. The summed E-state index contributed by atoms with van der Waals surface area (Å²) < 4.78 is 18.2. The fraction of sp³-hybridized carbons (Fsp3) is 0.167. The van der Waals surface area contributed by atoms with Crippen LogP contribution in [0.1, 0.15) is 22.5 Å². The number of hydrogen-bond acceptors (Lipinski definition) is 3. The average molecular weight is 313 g/mol. The number of rotatable bonds is 5. The van der Waals surface area contributed by atoms with Crippen LogP contribution in [0.3, 0.4) is 0 Å². The quantitative estimate of drug-likeness (QED) is 0.704. The number of H-pyrrole nitrogens is 1. The number of aromatic nitrogens is 1. The number of carbonyl (C=O) groups is 1. The van der Waals surface area contributed by atoms with Gasteiger partial charge in [-0.15, -0.1) is 0 Å². The number of fused-ring (bicyclic) bond motifs is 1. The molecule has 2 N–H and O–H groups in total. The number of ketones is 1. The van der Waals surface area contributed by atoms with Crippen LogP contribution in [-0.2, 0) is 6.42 Å². The zero-order valence-electron chi connectivity index (χ0n) is 12.6. The van der Waals surface area contributed by atoms with Crippen molar-refractivity contribution in [3.05, 3.63) is 59.5 Å². The summed E-state index contributed by atoms with van der Waals surface area (Å²) >= 11 is 0. The SMILES string of the molecule is COc1cc(CCC(=O)c2cc3cc(F)ccc3[nH]2)ccc1O. The van der Waals surface area contributed by atoms with E-state index in [4.69, 9.17) is 4.74 Å². The summed E-state index contributed by atoms with van der Waals surface area (Å²) in [7, 11) is 1.48. The van der Waals surface area contributed by atoms with Gasteiger partial charge in [0.1, 0.15) is 5.82 Å². The summed E-state index contributed by atoms with van der Waals surface area (Å²) in [4.78, 5) is 15.3. The van der Waals surface area contributed by atoms with Crippen LogP contribution < -0.4 is 4.74 Å². The largest absolute Gasteiger partial charge is 0.504 e. The van der Waals surface area contributed by atoms with Crippen LogP contribution in [0.15, 0.2) is 42.5 Å². The Labute approximate surface area is 132 Å². The molecule has 3 aromatic rings. The Kier molecular flexibility index (Phi) is 4.02. The molecule has 3 rings (SSSR count). The van der Waals surface area contributed by atoms with Crippen molar-refractivity contribution < 1.29 is 19.0 Å². The van der Waals surface area contributed by atoms with E-state index in [9.17, 15) is 14.3 Å². The van der Waals surface area contributed by atoms with E-state index in [1.807, 2.05) is 0 Å². The number of carbonyl (C=O) groups excluding carboxylic acids is 1. The molecule has 1 heterocycles. The van der Waals surface area contributed by atoms with Crippen molar-refractivity contribution in [1.82, 2.24) is 4.98 Å². The Morgan fingerprint density at radius 1 is 1.22 bits per heavy atom. The number of phenols is 1. The molecule has 0 unspecified atom stereocenters. The normalized spacial score (nSPS) is 10.9. The van der Waals surface area contributed by atoms with E-state index in [2.05, 4.69) is 4.98 Å². The highest BCUT2D eigenvalue weighted by molar-refractivity contribution is 5.99. The van der Waals surface area contributed by atoms with Crippen LogP contribution in [0, 0.1) is 5.82 Å². The number of methoxy groups -OCH3 is 1. The monoisotopic (exact) mass is 313 g/mol. The second-order valence-electron chi connectivity index (χ2n) is 5.34. The Hall–Kier alpha value is -2.82. The highest BCUT2D eigenvalue weighted by atomic mass is 19.1. The van der Waals surface area contributed by atoms with Crippen molar-refractivity contribution in [2.24, 2.45) is 0 Å². The summed E-state index contributed by atoms with van der Waals surface area (Å²) in [6.45, 7) is 0. The minimum atomic E-state index is -0.327. The van der Waals surface area contributed by atoms with Crippen molar-refractivity contribution in [2.45, 2.75) is 12.8 Å². The minimum absolute atomic E-state index is 0.0475. The highest BCUT2D eigenvalue weighted by Gasteiger charge is 2.11. The van der Waals surface area contributed by atoms with Gasteiger partial charge in [0.15, 0.2) is 17.3 Å². The molecule has 4 nitrogen and oxygen atoms in total. The maximum Gasteiger partial charge on any atom is 0.179 e. The van der Waals surface area contributed by atoms with Gasteiger partial charge < -0.3 is 14.8 Å². The van der Waals surface area contributed by atoms with Gasteiger partial charge in [0.25, 0.3) is 0 Å². The standard InChI is InChI=1S/C18H16FNO3/c1-23-18-8-11(3-7-17(18)22)2-6-16(21)15-10-12-9-13(19)4-5-14(12)20-15/h3-5,7-10,20,22H,2,6H2,1H3. The molecule has 118 valence electrons. The van der Waals surface area contributed by atoms with Crippen LogP contribution in [0.5, 0.6) is 11.5 Å². The molecule has 0 bridgehead atoms. The van der Waals surface area contributed by atoms with E-state index >= 15 is 0 Å². The number of halogens is 1. The van der Waals surface area contributed by atoms with Gasteiger partial charge in [-0.2, -0.15) is 0 Å². The molecule has 0 aliphatic rings. The van der Waals surface area contributed by atoms with Gasteiger partial charge in [-0.3, -0.25) is 4.79 Å². The van der Waals surface area contributed by atoms with E-state index in [1.54, 1.807) is 30.3 Å². The summed E-state index contributed by atoms with van der Waals surface area (Å²) in [6, 6.07) is 11.0. The Morgan fingerprint density at radius 3 is 2.83 bits per heavy atom. The number of aryl methyl sites for hydroxylation is 1. The molecule has 5 heteroatoms. The molecule has 0 aliphatic heterocycles. The predicted octanol–water partition coefficient (Wildman–Crippen LogP) is 3.84. The lowest BCUT2D eigenvalue weighted by Gasteiger charge is -2.06. The topological polar surface area (TPSA) is 62.3 Å². The summed E-state index contributed by atoms with van der Waals surface area (Å²) in [5, 5.41) is 10.2. The first-order valence-corrected chi connectivity index (χ1v) is 7.24. The summed E-state index contributed by atoms with van der Waals surface area (Å²) in [5.41, 5.74) is 2.10. The van der Waals surface area contributed by atoms with Crippen LogP contribution in [0.25, 0.3) is 10.9 Å². The number of hydrogen-bond donors (Lipinski definition) is 2. The molecule has 0 saturated carbocycles. The molecule has 0 fully saturated rings. The van der Waals surface area contributed by atoms with Gasteiger partial charge in [-0.25, -0.2) is 4.39 Å². The lowest BCUT2D eigenvalue weighted by molar-refractivity contribution is 0.0979. The Morgan fingerprint density at radius 2 is 2.04 bits per heavy atom. The van der Waals surface area contributed by atoms with E-state index in [1.165, 1.54) is 19.2 Å². The van der Waals surface area contributed by atoms with Gasteiger partial charge >= 0.3 is 0 Å². The van der Waals surface area contributed by atoms with Gasteiger partial charge in [-0.05, 0) is 48.4 Å². The first-order valence-electron chi connectivity index (χ1n) is 7.24. The second-order valence-corrected chi connectivity index (χ2v) is 5.34. The number of aromatic amines is 1. The van der Waals surface area contributed by atoms with Gasteiger partial charge in [0, 0.05) is 17.3 Å². The lowest BCUT2D eigenvalue weighted by Crippen LogP contribution is -2.01. The van der Waals surface area contributed by atoms with E-state index < -0.39 is 0 Å². The fourth-order valence-corrected chi connectivity index (χ4v) is 2.52. The number of nitrogens with one attached hydrogen (secondary N) is 1. The molecule has 0 amide bonds. The van der Waals surface area contributed by atoms with Crippen molar-refractivity contribution in [1.29, 1.82) is 0 Å². The van der Waals surface area contributed by atoms with Gasteiger partial charge in [0.2, 0.25) is 0 Å². The van der Waals surface area contributed by atoms with Crippen molar-refractivity contribution in [3.63, 3.8) is 0 Å². The minimum Gasteiger partial charge on any atom is -0.504 e. The Balaban J connectivity index is 1.73. The predicted molar refractivity (Wildman–Crippen MR) is 85.6 cm³/mol. The number of Topliss-reactive ketones (excluding diaryl/α,β-unsaturated/α-hetero) is 1. The van der Waals surface area contributed by atoms with Gasteiger partial charge in [-0.1, -0.05) is 6.07 Å². The third-order valence-corrected chi connectivity index (χ3v) is 3.77. The molecule has 1 aromatic heterocycles. The first-order chi connectivity index (χ1) is 11.1. The fourth-order valence-electron chi connectivity index (χ4n) is 2.52. The first kappa shape index (κ1) is 15.1. The number of phenolic OH excluding ortho intramolecular Hbond substituents is 1. The molecule has 0 aliphatic carbocycles. The zero-order chi connectivity index (χ0) is 16.4. The van der Waals surface area contributed by atoms with E-state index in [0.29, 0.717) is 29.7 Å². The maximum atomic E-state index is 13.2. The molecule has 0 spiro atoms. The maximum absolute atomic E-state index is 13.2. The molecular formula is C18H16FNO3. The third-order valence-electron chi connectivity index (χ3n) is 3.77. The highest BCUT2D eigenvalue weighted by Crippen LogP contribution is 2.27. The molecule has 0 radical (unpaired) electrons. The molecular weight excluding hydrogens is 297 g/mol. The van der Waals surface area contributed by atoms with Crippen LogP contribution in [-0.4, -0.2) is 23.0 Å². The zero-order valence-corrected chi connectivity index (χ0v) is 12.6. The van der Waals surface area contributed by atoms with Gasteiger partial charge in [0.05, 0.1) is 12.8 Å². The average Bonchev–Trinajstić information content (AvgIpc) is 2.97. The molecule has 23 heavy (non-hydrogen) atoms. The van der Waals surface area contributed by atoms with Crippen LogP contribution in [0.4, 0.5) is 4.39 Å². The second kappa shape index (κ2) is 6.12. The lowest BCUT2D eigenvalue weighted by atomic mass is 10.1. The Bertz CT molecular complexity index is 870. The van der Waals surface area contributed by atoms with E-state index in [-0.39, 0.29) is 17.3 Å². The van der Waals surface area contributed by atoms with Crippen LogP contribution in [0.2, 0.25) is 0 Å².